The number of benzene rings is 2. The van der Waals surface area contributed by atoms with E-state index in [0.717, 1.165) is 16.0 Å². The zero-order valence-electron chi connectivity index (χ0n) is 16.0. The Morgan fingerprint density at radius 1 is 0.966 bits per heavy atom. The number of sulfone groups is 1. The van der Waals surface area contributed by atoms with Crippen molar-refractivity contribution in [2.75, 3.05) is 11.5 Å². The number of hydrogen-bond donors (Lipinski definition) is 0. The molecule has 1 saturated heterocycles. The van der Waals surface area contributed by atoms with E-state index in [1.54, 1.807) is 16.2 Å². The minimum atomic E-state index is -3.10. The highest BCUT2D eigenvalue weighted by Gasteiger charge is 2.38. The van der Waals surface area contributed by atoms with Crippen LogP contribution in [-0.2, 0) is 21.2 Å². The SMILES string of the molecule is O=C(C(c1ccccc1)c1ccccc1)N(Cc1cccs1)[C@H]1CCS(=O)(=O)C1. The van der Waals surface area contributed by atoms with Crippen LogP contribution in [0, 0.1) is 0 Å². The molecule has 6 heteroatoms. The third kappa shape index (κ3) is 4.60. The maximum atomic E-state index is 13.9. The van der Waals surface area contributed by atoms with E-state index in [4.69, 9.17) is 0 Å². The third-order valence-electron chi connectivity index (χ3n) is 5.35. The van der Waals surface area contributed by atoms with E-state index in [0.29, 0.717) is 13.0 Å². The van der Waals surface area contributed by atoms with Crippen molar-refractivity contribution in [2.45, 2.75) is 24.9 Å². The van der Waals surface area contributed by atoms with Gasteiger partial charge >= 0.3 is 0 Å². The summed E-state index contributed by atoms with van der Waals surface area (Å²) < 4.78 is 24.3. The lowest BCUT2D eigenvalue weighted by Gasteiger charge is -2.32. The summed E-state index contributed by atoms with van der Waals surface area (Å²) in [5, 5.41) is 1.98. The van der Waals surface area contributed by atoms with Gasteiger partial charge in [0, 0.05) is 10.9 Å². The summed E-state index contributed by atoms with van der Waals surface area (Å²) >= 11 is 1.59. The first-order valence-corrected chi connectivity index (χ1v) is 12.4. The van der Waals surface area contributed by atoms with Gasteiger partial charge in [0.05, 0.1) is 24.0 Å². The van der Waals surface area contributed by atoms with Gasteiger partial charge in [0.25, 0.3) is 0 Å². The van der Waals surface area contributed by atoms with Crippen molar-refractivity contribution in [1.29, 1.82) is 0 Å². The van der Waals surface area contributed by atoms with Crippen LogP contribution in [0.4, 0.5) is 0 Å². The van der Waals surface area contributed by atoms with Crippen LogP contribution in [0.15, 0.2) is 78.2 Å². The molecule has 1 amide bonds. The zero-order valence-corrected chi connectivity index (χ0v) is 17.6. The summed E-state index contributed by atoms with van der Waals surface area (Å²) in [4.78, 5) is 16.8. The van der Waals surface area contributed by atoms with Gasteiger partial charge in [-0.1, -0.05) is 66.7 Å². The standard InChI is InChI=1S/C23H23NO3S2/c25-23(22(18-8-3-1-4-9-18)19-10-5-2-6-11-19)24(16-21-12-7-14-28-21)20-13-15-29(26,27)17-20/h1-12,14,20,22H,13,15-17H2/t20-/m0/s1. The highest BCUT2D eigenvalue weighted by atomic mass is 32.2. The number of rotatable bonds is 6. The molecule has 4 rings (SSSR count). The molecule has 1 aliphatic heterocycles. The van der Waals surface area contributed by atoms with Crippen molar-refractivity contribution in [2.24, 2.45) is 0 Å². The molecular formula is C23H23NO3S2. The number of nitrogens with zero attached hydrogens (tertiary/aromatic N) is 1. The van der Waals surface area contributed by atoms with Gasteiger partial charge in [-0.15, -0.1) is 11.3 Å². The summed E-state index contributed by atoms with van der Waals surface area (Å²) in [6.07, 6.45) is 0.496. The predicted octanol–water partition coefficient (Wildman–Crippen LogP) is 4.10. The molecule has 1 aromatic heterocycles. The first-order valence-electron chi connectivity index (χ1n) is 9.67. The van der Waals surface area contributed by atoms with Crippen molar-refractivity contribution in [3.8, 4) is 0 Å². The second-order valence-corrected chi connectivity index (χ2v) is 10.6. The molecule has 0 radical (unpaired) electrons. The first kappa shape index (κ1) is 19.9. The number of thiophene rings is 1. The van der Waals surface area contributed by atoms with Crippen molar-refractivity contribution >= 4 is 27.1 Å². The quantitative estimate of drug-likeness (QED) is 0.598. The van der Waals surface area contributed by atoms with Crippen LogP contribution in [0.3, 0.4) is 0 Å². The fourth-order valence-corrected chi connectivity index (χ4v) is 6.35. The molecule has 0 spiro atoms. The van der Waals surface area contributed by atoms with Crippen LogP contribution in [0.5, 0.6) is 0 Å². The number of carbonyl (C=O) groups excluding carboxylic acids is 1. The zero-order chi connectivity index (χ0) is 20.3. The second kappa shape index (κ2) is 8.51. The molecule has 0 saturated carbocycles. The Kier molecular flexibility index (Phi) is 5.83. The van der Waals surface area contributed by atoms with Gasteiger partial charge in [0.2, 0.25) is 5.91 Å². The lowest BCUT2D eigenvalue weighted by atomic mass is 9.89. The molecule has 3 aromatic rings. The molecule has 4 nitrogen and oxygen atoms in total. The van der Waals surface area contributed by atoms with E-state index in [2.05, 4.69) is 0 Å². The van der Waals surface area contributed by atoms with Gasteiger partial charge in [-0.3, -0.25) is 4.79 Å². The van der Waals surface area contributed by atoms with E-state index in [1.165, 1.54) is 0 Å². The average Bonchev–Trinajstić information content (AvgIpc) is 3.37. The number of carbonyl (C=O) groups is 1. The molecule has 29 heavy (non-hydrogen) atoms. The monoisotopic (exact) mass is 425 g/mol. The van der Waals surface area contributed by atoms with Crippen LogP contribution in [-0.4, -0.2) is 36.8 Å². The lowest BCUT2D eigenvalue weighted by Crippen LogP contribution is -2.43. The van der Waals surface area contributed by atoms with Gasteiger partial charge in [0.1, 0.15) is 0 Å². The Balaban J connectivity index is 1.73. The van der Waals surface area contributed by atoms with Gasteiger partial charge in [0.15, 0.2) is 9.84 Å². The van der Waals surface area contributed by atoms with Crippen LogP contribution >= 0.6 is 11.3 Å². The fourth-order valence-electron chi connectivity index (χ4n) is 3.91. The Labute approximate surface area is 175 Å². The Bertz CT molecular complexity index is 1010. The van der Waals surface area contributed by atoms with Crippen molar-refractivity contribution in [1.82, 2.24) is 4.90 Å². The van der Waals surface area contributed by atoms with E-state index < -0.39 is 15.8 Å². The summed E-state index contributed by atoms with van der Waals surface area (Å²) in [6.45, 7) is 0.437. The van der Waals surface area contributed by atoms with Crippen molar-refractivity contribution in [3.05, 3.63) is 94.2 Å². The minimum absolute atomic E-state index is 0.0421. The summed E-state index contributed by atoms with van der Waals surface area (Å²) in [5.74, 6) is -0.313. The van der Waals surface area contributed by atoms with Gasteiger partial charge in [-0.2, -0.15) is 0 Å². The fraction of sp³-hybridized carbons (Fsp3) is 0.261. The van der Waals surface area contributed by atoms with E-state index >= 15 is 0 Å². The molecule has 1 fully saturated rings. The molecule has 0 aliphatic carbocycles. The number of amides is 1. The van der Waals surface area contributed by atoms with E-state index in [-0.39, 0.29) is 23.5 Å². The summed E-state index contributed by atoms with van der Waals surface area (Å²) in [5.41, 5.74) is 1.83. The largest absolute Gasteiger partial charge is 0.333 e. The van der Waals surface area contributed by atoms with E-state index in [9.17, 15) is 13.2 Å². The van der Waals surface area contributed by atoms with Crippen molar-refractivity contribution in [3.63, 3.8) is 0 Å². The van der Waals surface area contributed by atoms with Crippen LogP contribution in [0.2, 0.25) is 0 Å². The third-order valence-corrected chi connectivity index (χ3v) is 7.96. The highest BCUT2D eigenvalue weighted by molar-refractivity contribution is 7.91. The van der Waals surface area contributed by atoms with Gasteiger partial charge in [-0.25, -0.2) is 8.42 Å². The normalized spacial score (nSPS) is 18.0. The summed E-state index contributed by atoms with van der Waals surface area (Å²) in [6, 6.07) is 23.1. The molecule has 0 bridgehead atoms. The van der Waals surface area contributed by atoms with Crippen molar-refractivity contribution < 1.29 is 13.2 Å². The maximum Gasteiger partial charge on any atom is 0.235 e. The van der Waals surface area contributed by atoms with Crippen LogP contribution in [0.25, 0.3) is 0 Å². The topological polar surface area (TPSA) is 54.5 Å². The Hall–Kier alpha value is -2.44. The predicted molar refractivity (Wildman–Crippen MR) is 117 cm³/mol. The molecule has 2 heterocycles. The second-order valence-electron chi connectivity index (χ2n) is 7.36. The molecule has 0 unspecified atom stereocenters. The smallest absolute Gasteiger partial charge is 0.235 e. The Morgan fingerprint density at radius 3 is 2.07 bits per heavy atom. The van der Waals surface area contributed by atoms with Crippen LogP contribution < -0.4 is 0 Å². The highest BCUT2D eigenvalue weighted by Crippen LogP contribution is 2.31. The lowest BCUT2D eigenvalue weighted by molar-refractivity contribution is -0.134. The molecule has 1 aliphatic rings. The average molecular weight is 426 g/mol. The number of hydrogen-bond acceptors (Lipinski definition) is 4. The Morgan fingerprint density at radius 2 is 1.59 bits per heavy atom. The molecular weight excluding hydrogens is 402 g/mol. The van der Waals surface area contributed by atoms with Gasteiger partial charge < -0.3 is 4.90 Å². The maximum absolute atomic E-state index is 13.9. The minimum Gasteiger partial charge on any atom is -0.333 e. The van der Waals surface area contributed by atoms with E-state index in [1.807, 2.05) is 78.2 Å². The van der Waals surface area contributed by atoms with Crippen LogP contribution in [0.1, 0.15) is 28.3 Å². The molecule has 2 aromatic carbocycles. The molecule has 1 atom stereocenters. The summed E-state index contributed by atoms with van der Waals surface area (Å²) in [7, 11) is -3.10. The molecule has 150 valence electrons. The first-order chi connectivity index (χ1) is 14.0. The van der Waals surface area contributed by atoms with Gasteiger partial charge in [-0.05, 0) is 29.0 Å². The molecule has 0 N–H and O–H groups in total.